The number of aromatic nitrogens is 2. The van der Waals surface area contributed by atoms with Crippen molar-refractivity contribution in [3.8, 4) is 11.1 Å². The van der Waals surface area contributed by atoms with Crippen LogP contribution in [-0.4, -0.2) is 16.5 Å². The highest BCUT2D eigenvalue weighted by atomic mass is 35.5. The van der Waals surface area contributed by atoms with Crippen LogP contribution in [-0.2, 0) is 6.42 Å². The van der Waals surface area contributed by atoms with Gasteiger partial charge in [-0.3, -0.25) is 0 Å². The lowest BCUT2D eigenvalue weighted by molar-refractivity contribution is 0.860. The number of nitrogens with zero attached hydrogens (tertiary/aromatic N) is 2. The number of rotatable bonds is 6. The Hall–Kier alpha value is -2.43. The molecule has 0 aliphatic heterocycles. The minimum absolute atomic E-state index is 0.295. The first-order chi connectivity index (χ1) is 13.6. The van der Waals surface area contributed by atoms with Crippen LogP contribution in [0.15, 0.2) is 54.6 Å². The maximum atomic E-state index is 6.06. The van der Waals surface area contributed by atoms with Gasteiger partial charge in [-0.25, -0.2) is 9.97 Å². The summed E-state index contributed by atoms with van der Waals surface area (Å²) in [7, 11) is 0. The average molecular weight is 408 g/mol. The predicted molar refractivity (Wildman–Crippen MR) is 121 cm³/mol. The van der Waals surface area contributed by atoms with Crippen molar-refractivity contribution in [2.45, 2.75) is 26.7 Å². The lowest BCUT2D eigenvalue weighted by Gasteiger charge is -2.08. The molecule has 2 heterocycles. The zero-order chi connectivity index (χ0) is 19.5. The van der Waals surface area contributed by atoms with Crippen LogP contribution in [0.4, 0.5) is 5.82 Å². The van der Waals surface area contributed by atoms with E-state index in [1.807, 2.05) is 0 Å². The van der Waals surface area contributed by atoms with Gasteiger partial charge < -0.3 is 5.32 Å². The minimum atomic E-state index is 0.295. The minimum Gasteiger partial charge on any atom is -0.369 e. The van der Waals surface area contributed by atoms with Crippen LogP contribution in [0, 0.1) is 13.8 Å². The summed E-state index contributed by atoms with van der Waals surface area (Å²) in [6.45, 7) is 5.03. The first kappa shape index (κ1) is 18.9. The second kappa shape index (κ2) is 8.29. The number of anilines is 1. The van der Waals surface area contributed by atoms with E-state index in [0.717, 1.165) is 35.4 Å². The second-order valence-electron chi connectivity index (χ2n) is 7.01. The van der Waals surface area contributed by atoms with Gasteiger partial charge >= 0.3 is 0 Å². The zero-order valence-corrected chi connectivity index (χ0v) is 17.6. The van der Waals surface area contributed by atoms with Crippen LogP contribution in [0.2, 0.25) is 5.28 Å². The third-order valence-electron chi connectivity index (χ3n) is 4.76. The fraction of sp³-hybridized carbons (Fsp3) is 0.217. The molecule has 0 aliphatic rings. The monoisotopic (exact) mass is 407 g/mol. The maximum Gasteiger partial charge on any atom is 0.225 e. The molecule has 0 bridgehead atoms. The summed E-state index contributed by atoms with van der Waals surface area (Å²) in [4.78, 5) is 10.8. The SMILES string of the molecule is Cc1ccc(-c2ccc(CCCNc3nc(Cl)nc4sc(C)cc34)cc2)cc1. The van der Waals surface area contributed by atoms with Gasteiger partial charge in [0.1, 0.15) is 10.6 Å². The molecule has 0 amide bonds. The molecule has 0 fully saturated rings. The van der Waals surface area contributed by atoms with E-state index in [9.17, 15) is 0 Å². The molecule has 0 unspecified atom stereocenters. The number of hydrogen-bond donors (Lipinski definition) is 1. The summed E-state index contributed by atoms with van der Waals surface area (Å²) in [6, 6.07) is 19.6. The normalized spacial score (nSPS) is 11.1. The summed E-state index contributed by atoms with van der Waals surface area (Å²) in [5.41, 5.74) is 5.14. The Balaban J connectivity index is 1.35. The van der Waals surface area contributed by atoms with Crippen molar-refractivity contribution in [1.82, 2.24) is 9.97 Å². The lowest BCUT2D eigenvalue weighted by Crippen LogP contribution is -2.05. The van der Waals surface area contributed by atoms with E-state index < -0.39 is 0 Å². The summed E-state index contributed by atoms with van der Waals surface area (Å²) in [6.07, 6.45) is 2.04. The van der Waals surface area contributed by atoms with Gasteiger partial charge in [0.05, 0.1) is 5.39 Å². The van der Waals surface area contributed by atoms with Gasteiger partial charge in [0.25, 0.3) is 0 Å². The Morgan fingerprint density at radius 2 is 1.61 bits per heavy atom. The molecule has 4 rings (SSSR count). The molecule has 4 aromatic rings. The summed E-state index contributed by atoms with van der Waals surface area (Å²) in [5, 5.41) is 4.77. The topological polar surface area (TPSA) is 37.8 Å². The highest BCUT2D eigenvalue weighted by Gasteiger charge is 2.09. The quantitative estimate of drug-likeness (QED) is 0.286. The molecule has 0 saturated heterocycles. The van der Waals surface area contributed by atoms with Crippen LogP contribution < -0.4 is 5.32 Å². The molecule has 0 aliphatic carbocycles. The predicted octanol–water partition coefficient (Wildman–Crippen LogP) is 6.67. The average Bonchev–Trinajstić information content (AvgIpc) is 3.06. The number of aryl methyl sites for hydroxylation is 3. The fourth-order valence-electron chi connectivity index (χ4n) is 3.26. The third kappa shape index (κ3) is 4.34. The van der Waals surface area contributed by atoms with Crippen molar-refractivity contribution < 1.29 is 0 Å². The van der Waals surface area contributed by atoms with Crippen molar-refractivity contribution in [3.05, 3.63) is 75.9 Å². The van der Waals surface area contributed by atoms with E-state index >= 15 is 0 Å². The zero-order valence-electron chi connectivity index (χ0n) is 16.0. The highest BCUT2D eigenvalue weighted by Crippen LogP contribution is 2.29. The van der Waals surface area contributed by atoms with Gasteiger partial charge in [0, 0.05) is 11.4 Å². The largest absolute Gasteiger partial charge is 0.369 e. The van der Waals surface area contributed by atoms with E-state index in [1.165, 1.54) is 27.1 Å². The van der Waals surface area contributed by atoms with Gasteiger partial charge in [-0.1, -0.05) is 54.1 Å². The summed E-state index contributed by atoms with van der Waals surface area (Å²) >= 11 is 7.70. The molecular weight excluding hydrogens is 386 g/mol. The molecule has 0 atom stereocenters. The molecular formula is C23H22ClN3S. The van der Waals surface area contributed by atoms with Crippen LogP contribution >= 0.6 is 22.9 Å². The van der Waals surface area contributed by atoms with E-state index in [1.54, 1.807) is 11.3 Å². The Labute approximate surface area is 174 Å². The van der Waals surface area contributed by atoms with Crippen LogP contribution in [0.5, 0.6) is 0 Å². The Morgan fingerprint density at radius 1 is 0.929 bits per heavy atom. The number of hydrogen-bond acceptors (Lipinski definition) is 4. The van der Waals surface area contributed by atoms with Crippen molar-refractivity contribution in [3.63, 3.8) is 0 Å². The molecule has 0 radical (unpaired) electrons. The van der Waals surface area contributed by atoms with Crippen LogP contribution in [0.25, 0.3) is 21.3 Å². The number of benzene rings is 2. The van der Waals surface area contributed by atoms with E-state index in [2.05, 4.69) is 83.7 Å². The van der Waals surface area contributed by atoms with Gasteiger partial charge in [0.2, 0.25) is 5.28 Å². The van der Waals surface area contributed by atoms with Crippen molar-refractivity contribution in [2.75, 3.05) is 11.9 Å². The number of halogens is 1. The van der Waals surface area contributed by atoms with E-state index in [0.29, 0.717) is 5.28 Å². The highest BCUT2D eigenvalue weighted by molar-refractivity contribution is 7.18. The van der Waals surface area contributed by atoms with Gasteiger partial charge in [-0.05, 0) is 61.0 Å². The van der Waals surface area contributed by atoms with Crippen LogP contribution in [0.1, 0.15) is 22.4 Å². The standard InChI is InChI=1S/C23H22ClN3S/c1-15-5-9-18(10-6-15)19-11-7-17(8-12-19)4-3-13-25-21-20-14-16(2)28-22(20)27-23(24)26-21/h5-12,14H,3-4,13H2,1-2H3,(H,25,26,27). The smallest absolute Gasteiger partial charge is 0.225 e. The lowest BCUT2D eigenvalue weighted by atomic mass is 10.0. The second-order valence-corrected chi connectivity index (χ2v) is 8.58. The van der Waals surface area contributed by atoms with Crippen molar-refractivity contribution >= 4 is 39.0 Å². The first-order valence-corrected chi connectivity index (χ1v) is 10.6. The van der Waals surface area contributed by atoms with Gasteiger partial charge in [-0.2, -0.15) is 0 Å². The Morgan fingerprint density at radius 3 is 2.32 bits per heavy atom. The first-order valence-electron chi connectivity index (χ1n) is 9.42. The van der Waals surface area contributed by atoms with Gasteiger partial charge in [0.15, 0.2) is 0 Å². The molecule has 2 aromatic heterocycles. The fourth-order valence-corrected chi connectivity index (χ4v) is 4.36. The molecule has 28 heavy (non-hydrogen) atoms. The summed E-state index contributed by atoms with van der Waals surface area (Å²) < 4.78 is 0. The Bertz CT molecular complexity index is 1090. The van der Waals surface area contributed by atoms with E-state index in [4.69, 9.17) is 11.6 Å². The number of fused-ring (bicyclic) bond motifs is 1. The molecule has 3 nitrogen and oxygen atoms in total. The molecule has 1 N–H and O–H groups in total. The Kier molecular flexibility index (Phi) is 5.60. The van der Waals surface area contributed by atoms with Crippen LogP contribution in [0.3, 0.4) is 0 Å². The van der Waals surface area contributed by atoms with Crippen molar-refractivity contribution in [2.24, 2.45) is 0 Å². The summed E-state index contributed by atoms with van der Waals surface area (Å²) in [5.74, 6) is 0.828. The molecule has 142 valence electrons. The number of thiophene rings is 1. The van der Waals surface area contributed by atoms with Gasteiger partial charge in [-0.15, -0.1) is 11.3 Å². The van der Waals surface area contributed by atoms with E-state index in [-0.39, 0.29) is 0 Å². The molecule has 0 spiro atoms. The third-order valence-corrected chi connectivity index (χ3v) is 5.88. The van der Waals surface area contributed by atoms with Crippen molar-refractivity contribution in [1.29, 1.82) is 0 Å². The molecule has 2 aromatic carbocycles. The maximum absolute atomic E-state index is 6.06. The molecule has 0 saturated carbocycles. The number of nitrogens with one attached hydrogen (secondary N) is 1. The molecule has 5 heteroatoms.